The van der Waals surface area contributed by atoms with E-state index in [-0.39, 0.29) is 12.0 Å². The van der Waals surface area contributed by atoms with Crippen molar-refractivity contribution >= 4 is 28.7 Å². The van der Waals surface area contributed by atoms with Crippen LogP contribution in [-0.4, -0.2) is 22.8 Å². The summed E-state index contributed by atoms with van der Waals surface area (Å²) in [7, 11) is 0. The lowest BCUT2D eigenvalue weighted by Crippen LogP contribution is -2.30. The second-order valence-electron chi connectivity index (χ2n) is 9.10. The van der Waals surface area contributed by atoms with E-state index in [9.17, 15) is 4.79 Å². The predicted molar refractivity (Wildman–Crippen MR) is 129 cm³/mol. The number of hydrogen-bond acceptors (Lipinski definition) is 3. The SMILES string of the molecule is CC(/C=C/C(F)=C(/C)c1cc2c(c(Cl)c1OC(C)C)OC(C)(C)C=C2C(C)C)=C\C(=O)O. The highest BCUT2D eigenvalue weighted by atomic mass is 35.5. The number of fused-ring (bicyclic) bond motifs is 1. The summed E-state index contributed by atoms with van der Waals surface area (Å²) in [6.07, 6.45) is 5.56. The van der Waals surface area contributed by atoms with Crippen LogP contribution in [0.3, 0.4) is 0 Å². The Morgan fingerprint density at radius 1 is 1.22 bits per heavy atom. The average molecular weight is 463 g/mol. The maximum Gasteiger partial charge on any atom is 0.328 e. The van der Waals surface area contributed by atoms with Crippen LogP contribution in [0, 0.1) is 5.92 Å². The van der Waals surface area contributed by atoms with Crippen LogP contribution in [0.2, 0.25) is 5.02 Å². The van der Waals surface area contributed by atoms with Gasteiger partial charge in [0.25, 0.3) is 0 Å². The van der Waals surface area contributed by atoms with Crippen molar-refractivity contribution in [3.63, 3.8) is 0 Å². The Morgan fingerprint density at radius 2 is 1.84 bits per heavy atom. The fourth-order valence-electron chi connectivity index (χ4n) is 3.48. The van der Waals surface area contributed by atoms with Gasteiger partial charge in [-0.1, -0.05) is 31.5 Å². The first-order valence-electron chi connectivity index (χ1n) is 10.6. The first-order chi connectivity index (χ1) is 14.7. The fourth-order valence-corrected chi connectivity index (χ4v) is 3.77. The van der Waals surface area contributed by atoms with Gasteiger partial charge in [-0.05, 0) is 82.4 Å². The summed E-state index contributed by atoms with van der Waals surface area (Å²) in [6.45, 7) is 15.1. The average Bonchev–Trinajstić information content (AvgIpc) is 2.66. The molecule has 0 amide bonds. The molecule has 1 aliphatic heterocycles. The second kappa shape index (κ2) is 9.95. The summed E-state index contributed by atoms with van der Waals surface area (Å²) in [6, 6.07) is 1.86. The molecule has 0 spiro atoms. The van der Waals surface area contributed by atoms with Crippen LogP contribution in [0.25, 0.3) is 11.1 Å². The van der Waals surface area contributed by atoms with Crippen LogP contribution < -0.4 is 9.47 Å². The molecular weight excluding hydrogens is 431 g/mol. The number of carboxylic acid groups (broad SMARTS) is 1. The summed E-state index contributed by atoms with van der Waals surface area (Å²) in [5.41, 5.74) is 2.62. The maximum absolute atomic E-state index is 15.1. The van der Waals surface area contributed by atoms with Crippen molar-refractivity contribution in [1.82, 2.24) is 0 Å². The molecule has 1 heterocycles. The molecule has 0 saturated carbocycles. The first kappa shape index (κ1) is 25.7. The fraction of sp³-hybridized carbons (Fsp3) is 0.423. The summed E-state index contributed by atoms with van der Waals surface area (Å²) in [4.78, 5) is 10.8. The minimum Gasteiger partial charge on any atom is -0.489 e. The van der Waals surface area contributed by atoms with Crippen molar-refractivity contribution in [2.24, 2.45) is 5.92 Å². The molecule has 174 valence electrons. The molecule has 0 saturated heterocycles. The summed E-state index contributed by atoms with van der Waals surface area (Å²) in [5, 5.41) is 9.15. The molecule has 0 unspecified atom stereocenters. The second-order valence-corrected chi connectivity index (χ2v) is 9.48. The van der Waals surface area contributed by atoms with E-state index in [1.54, 1.807) is 13.8 Å². The molecule has 0 fully saturated rings. The Balaban J connectivity index is 2.74. The molecule has 0 atom stereocenters. The topological polar surface area (TPSA) is 55.8 Å². The van der Waals surface area contributed by atoms with E-state index in [4.69, 9.17) is 26.2 Å². The van der Waals surface area contributed by atoms with E-state index in [0.717, 1.165) is 17.2 Å². The van der Waals surface area contributed by atoms with Crippen LogP contribution in [-0.2, 0) is 4.79 Å². The van der Waals surface area contributed by atoms with Gasteiger partial charge in [0.15, 0.2) is 5.75 Å². The number of benzene rings is 1. The van der Waals surface area contributed by atoms with Gasteiger partial charge in [-0.25, -0.2) is 9.18 Å². The third-order valence-corrected chi connectivity index (χ3v) is 5.28. The highest BCUT2D eigenvalue weighted by molar-refractivity contribution is 6.34. The van der Waals surface area contributed by atoms with Gasteiger partial charge in [0.2, 0.25) is 0 Å². The van der Waals surface area contributed by atoms with Gasteiger partial charge in [0.05, 0.1) is 6.10 Å². The van der Waals surface area contributed by atoms with Crippen molar-refractivity contribution < 1.29 is 23.8 Å². The molecule has 4 nitrogen and oxygen atoms in total. The van der Waals surface area contributed by atoms with Crippen LogP contribution in [0.5, 0.6) is 11.5 Å². The Kier molecular flexibility index (Phi) is 8.00. The van der Waals surface area contributed by atoms with Crippen molar-refractivity contribution in [3.05, 3.63) is 57.9 Å². The lowest BCUT2D eigenvalue weighted by Gasteiger charge is -2.34. The van der Waals surface area contributed by atoms with Crippen molar-refractivity contribution in [2.45, 2.75) is 67.1 Å². The van der Waals surface area contributed by atoms with Gasteiger partial charge in [-0.15, -0.1) is 0 Å². The minimum atomic E-state index is -1.08. The van der Waals surface area contributed by atoms with Crippen LogP contribution in [0.15, 0.2) is 41.8 Å². The zero-order valence-electron chi connectivity index (χ0n) is 20.0. The quantitative estimate of drug-likeness (QED) is 0.334. The van der Waals surface area contributed by atoms with Gasteiger partial charge in [0, 0.05) is 17.2 Å². The molecule has 6 heteroatoms. The van der Waals surface area contributed by atoms with E-state index < -0.39 is 17.4 Å². The van der Waals surface area contributed by atoms with E-state index in [0.29, 0.717) is 33.2 Å². The van der Waals surface area contributed by atoms with Crippen LogP contribution >= 0.6 is 11.6 Å². The van der Waals surface area contributed by atoms with Gasteiger partial charge >= 0.3 is 5.97 Å². The number of carbonyl (C=O) groups is 1. The van der Waals surface area contributed by atoms with Crippen molar-refractivity contribution in [3.8, 4) is 11.5 Å². The predicted octanol–water partition coefficient (Wildman–Crippen LogP) is 7.63. The summed E-state index contributed by atoms with van der Waals surface area (Å²) >= 11 is 6.79. The monoisotopic (exact) mass is 462 g/mol. The number of aliphatic carboxylic acids is 1. The molecule has 1 aromatic rings. The molecule has 0 aromatic heterocycles. The van der Waals surface area contributed by atoms with Gasteiger partial charge in [-0.2, -0.15) is 0 Å². The molecule has 32 heavy (non-hydrogen) atoms. The highest BCUT2D eigenvalue weighted by Gasteiger charge is 2.32. The molecule has 1 N–H and O–H groups in total. The van der Waals surface area contributed by atoms with Gasteiger partial charge in [-0.3, -0.25) is 0 Å². The van der Waals surface area contributed by atoms with E-state index in [1.165, 1.54) is 12.2 Å². The minimum absolute atomic E-state index is 0.187. The lowest BCUT2D eigenvalue weighted by molar-refractivity contribution is -0.131. The maximum atomic E-state index is 15.1. The number of rotatable bonds is 7. The number of allylic oxidation sites excluding steroid dienone is 6. The van der Waals surface area contributed by atoms with Crippen LogP contribution in [0.4, 0.5) is 4.39 Å². The van der Waals surface area contributed by atoms with Gasteiger partial charge in [0.1, 0.15) is 22.2 Å². The Morgan fingerprint density at radius 3 is 2.38 bits per heavy atom. The Labute approximate surface area is 195 Å². The summed E-state index contributed by atoms with van der Waals surface area (Å²) < 4.78 is 27.3. The zero-order valence-corrected chi connectivity index (χ0v) is 20.7. The third-order valence-electron chi connectivity index (χ3n) is 4.94. The molecule has 1 aromatic carbocycles. The normalized spacial score (nSPS) is 16.6. The Hall–Kier alpha value is -2.53. The summed E-state index contributed by atoms with van der Waals surface area (Å²) in [5.74, 6) is -0.500. The number of carboxylic acids is 1. The number of halogens is 2. The molecule has 0 radical (unpaired) electrons. The molecule has 2 rings (SSSR count). The standard InChI is InChI=1S/C26H32ClFO4/c1-14(2)20-13-26(7,8)32-25-19(20)12-18(24(23(25)27)31-15(3)4)17(6)21(28)10-9-16(5)11-22(29)30/h9-15H,1-8H3,(H,29,30)/b10-9+,16-11+,21-17+. The first-order valence-corrected chi connectivity index (χ1v) is 11.0. The Bertz CT molecular complexity index is 1030. The molecule has 0 bridgehead atoms. The van der Waals surface area contributed by atoms with Crippen LogP contribution in [0.1, 0.15) is 66.5 Å². The van der Waals surface area contributed by atoms with E-state index in [2.05, 4.69) is 19.9 Å². The highest BCUT2D eigenvalue weighted by Crippen LogP contribution is 2.50. The smallest absolute Gasteiger partial charge is 0.328 e. The van der Waals surface area contributed by atoms with E-state index in [1.807, 2.05) is 33.8 Å². The third kappa shape index (κ3) is 6.04. The lowest BCUT2D eigenvalue weighted by atomic mass is 9.86. The molecule has 1 aliphatic rings. The molecular formula is C26H32ClFO4. The largest absolute Gasteiger partial charge is 0.489 e. The van der Waals surface area contributed by atoms with Crippen molar-refractivity contribution in [2.75, 3.05) is 0 Å². The molecule has 0 aliphatic carbocycles. The van der Waals surface area contributed by atoms with Crippen molar-refractivity contribution in [1.29, 1.82) is 0 Å². The number of ether oxygens (including phenoxy) is 2. The zero-order chi connectivity index (χ0) is 24.4. The van der Waals surface area contributed by atoms with E-state index >= 15 is 4.39 Å². The number of hydrogen-bond donors (Lipinski definition) is 1. The van der Waals surface area contributed by atoms with Gasteiger partial charge < -0.3 is 14.6 Å².